The predicted octanol–water partition coefficient (Wildman–Crippen LogP) is 4.63. The van der Waals surface area contributed by atoms with Gasteiger partial charge >= 0.3 is 0 Å². The predicted molar refractivity (Wildman–Crippen MR) is 86.2 cm³/mol. The monoisotopic (exact) mass is 304 g/mol. The van der Waals surface area contributed by atoms with Gasteiger partial charge in [0.2, 0.25) is 0 Å². The molecule has 2 nitrogen and oxygen atoms in total. The van der Waals surface area contributed by atoms with Gasteiger partial charge in [-0.3, -0.25) is 0 Å². The fourth-order valence-electron chi connectivity index (χ4n) is 2.53. The third kappa shape index (κ3) is 3.50. The van der Waals surface area contributed by atoms with E-state index < -0.39 is 0 Å². The van der Waals surface area contributed by atoms with Crippen LogP contribution in [-0.2, 0) is 6.54 Å². The molecule has 0 aliphatic heterocycles. The number of rotatable bonds is 6. The second-order valence-corrected chi connectivity index (χ2v) is 6.88. The molecule has 112 valence electrons. The largest absolute Gasteiger partial charge is 0.312 e. The minimum atomic E-state index is -0.182. The maximum absolute atomic E-state index is 13.6. The van der Waals surface area contributed by atoms with E-state index in [1.807, 2.05) is 13.0 Å². The van der Waals surface area contributed by atoms with E-state index in [4.69, 9.17) is 4.98 Å². The molecule has 0 bridgehead atoms. The first-order valence-corrected chi connectivity index (χ1v) is 8.47. The Labute approximate surface area is 129 Å². The summed E-state index contributed by atoms with van der Waals surface area (Å²) in [5, 5.41) is 4.41. The van der Waals surface area contributed by atoms with Gasteiger partial charge in [-0.05, 0) is 56.5 Å². The van der Waals surface area contributed by atoms with Gasteiger partial charge in [-0.25, -0.2) is 9.37 Å². The number of aromatic nitrogens is 1. The van der Waals surface area contributed by atoms with E-state index in [0.29, 0.717) is 5.92 Å². The third-order valence-electron chi connectivity index (χ3n) is 3.69. The molecule has 2 aromatic rings. The summed E-state index contributed by atoms with van der Waals surface area (Å²) >= 11 is 1.71. The van der Waals surface area contributed by atoms with Gasteiger partial charge in [0.05, 0.1) is 5.69 Å². The summed E-state index contributed by atoms with van der Waals surface area (Å²) in [5.41, 5.74) is 3.08. The van der Waals surface area contributed by atoms with Crippen LogP contribution in [0.15, 0.2) is 18.2 Å². The molecule has 1 fully saturated rings. The molecule has 0 unspecified atom stereocenters. The topological polar surface area (TPSA) is 24.9 Å². The number of nitrogens with one attached hydrogen (secondary N) is 1. The number of aryl methyl sites for hydroxylation is 1. The van der Waals surface area contributed by atoms with E-state index in [-0.39, 0.29) is 5.82 Å². The Bertz CT molecular complexity index is 611. The van der Waals surface area contributed by atoms with Crippen molar-refractivity contribution in [1.82, 2.24) is 10.3 Å². The Morgan fingerprint density at radius 3 is 2.81 bits per heavy atom. The first-order valence-electron chi connectivity index (χ1n) is 7.65. The van der Waals surface area contributed by atoms with Gasteiger partial charge in [-0.2, -0.15) is 0 Å². The molecule has 1 aliphatic carbocycles. The van der Waals surface area contributed by atoms with Crippen LogP contribution in [0.25, 0.3) is 10.6 Å². The second-order valence-electron chi connectivity index (χ2n) is 5.80. The molecule has 0 radical (unpaired) electrons. The Balaban J connectivity index is 1.90. The minimum Gasteiger partial charge on any atom is -0.312 e. The van der Waals surface area contributed by atoms with E-state index in [2.05, 4.69) is 12.2 Å². The number of hydrogen-bond donors (Lipinski definition) is 1. The van der Waals surface area contributed by atoms with Gasteiger partial charge in [0.1, 0.15) is 10.8 Å². The van der Waals surface area contributed by atoms with Crippen LogP contribution in [0.1, 0.15) is 48.2 Å². The van der Waals surface area contributed by atoms with E-state index >= 15 is 0 Å². The first-order chi connectivity index (χ1) is 10.2. The van der Waals surface area contributed by atoms with Crippen molar-refractivity contribution in [3.8, 4) is 10.6 Å². The Kier molecular flexibility index (Phi) is 4.36. The van der Waals surface area contributed by atoms with Crippen molar-refractivity contribution in [2.75, 3.05) is 6.54 Å². The van der Waals surface area contributed by atoms with Crippen molar-refractivity contribution < 1.29 is 4.39 Å². The highest BCUT2D eigenvalue weighted by atomic mass is 32.1. The van der Waals surface area contributed by atoms with Gasteiger partial charge in [-0.15, -0.1) is 11.3 Å². The van der Waals surface area contributed by atoms with Crippen molar-refractivity contribution in [3.05, 3.63) is 40.2 Å². The Morgan fingerprint density at radius 2 is 2.14 bits per heavy atom. The molecule has 0 spiro atoms. The third-order valence-corrected chi connectivity index (χ3v) is 4.81. The normalized spacial score (nSPS) is 14.6. The highest BCUT2D eigenvalue weighted by Crippen LogP contribution is 2.44. The van der Waals surface area contributed by atoms with Crippen LogP contribution in [0.5, 0.6) is 0 Å². The van der Waals surface area contributed by atoms with Gasteiger partial charge < -0.3 is 5.32 Å². The first kappa shape index (κ1) is 14.7. The van der Waals surface area contributed by atoms with Crippen LogP contribution in [0.3, 0.4) is 0 Å². The fourth-order valence-corrected chi connectivity index (χ4v) is 3.63. The molecule has 1 heterocycles. The minimum absolute atomic E-state index is 0.182. The standard InChI is InChI=1S/C17H21FN2S/c1-3-6-19-10-15-16(12-4-5-12)20-17(21-15)13-7-11(2)8-14(18)9-13/h7-9,12,19H,3-6,10H2,1-2H3. The summed E-state index contributed by atoms with van der Waals surface area (Å²) in [5.74, 6) is 0.446. The van der Waals surface area contributed by atoms with Crippen LogP contribution >= 0.6 is 11.3 Å². The number of hydrogen-bond acceptors (Lipinski definition) is 3. The number of thiazole rings is 1. The van der Waals surface area contributed by atoms with Gasteiger partial charge in [-0.1, -0.05) is 6.92 Å². The summed E-state index contributed by atoms with van der Waals surface area (Å²) in [7, 11) is 0. The van der Waals surface area contributed by atoms with Gasteiger partial charge in [0.25, 0.3) is 0 Å². The molecule has 1 aromatic heterocycles. The molecule has 1 aromatic carbocycles. The molecule has 1 N–H and O–H groups in total. The molecule has 3 rings (SSSR count). The molecule has 0 atom stereocenters. The van der Waals surface area contributed by atoms with Crippen LogP contribution < -0.4 is 5.32 Å². The van der Waals surface area contributed by atoms with Crippen molar-refractivity contribution >= 4 is 11.3 Å². The van der Waals surface area contributed by atoms with Crippen LogP contribution in [-0.4, -0.2) is 11.5 Å². The van der Waals surface area contributed by atoms with Crippen LogP contribution in [0.2, 0.25) is 0 Å². The SMILES string of the molecule is CCCNCc1sc(-c2cc(C)cc(F)c2)nc1C1CC1. The number of halogens is 1. The average Bonchev–Trinajstić information content (AvgIpc) is 3.19. The quantitative estimate of drug-likeness (QED) is 0.787. The Hall–Kier alpha value is -1.26. The van der Waals surface area contributed by atoms with Gasteiger partial charge in [0, 0.05) is 22.9 Å². The lowest BCUT2D eigenvalue weighted by atomic mass is 10.1. The zero-order valence-corrected chi connectivity index (χ0v) is 13.4. The van der Waals surface area contributed by atoms with Crippen molar-refractivity contribution in [3.63, 3.8) is 0 Å². The van der Waals surface area contributed by atoms with E-state index in [1.165, 1.54) is 23.4 Å². The summed E-state index contributed by atoms with van der Waals surface area (Å²) in [6, 6.07) is 5.16. The maximum Gasteiger partial charge on any atom is 0.124 e. The highest BCUT2D eigenvalue weighted by Gasteiger charge is 2.29. The lowest BCUT2D eigenvalue weighted by molar-refractivity contribution is 0.627. The molecule has 1 aliphatic rings. The number of benzene rings is 1. The molecule has 0 amide bonds. The zero-order chi connectivity index (χ0) is 14.8. The van der Waals surface area contributed by atoms with Crippen LogP contribution in [0, 0.1) is 12.7 Å². The summed E-state index contributed by atoms with van der Waals surface area (Å²) in [4.78, 5) is 6.14. The van der Waals surface area contributed by atoms with E-state index in [0.717, 1.165) is 35.6 Å². The van der Waals surface area contributed by atoms with Crippen molar-refractivity contribution in [2.45, 2.75) is 45.6 Å². The molecular formula is C17H21FN2S. The molecular weight excluding hydrogens is 283 g/mol. The second kappa shape index (κ2) is 6.24. The molecule has 1 saturated carbocycles. The molecule has 4 heteroatoms. The smallest absolute Gasteiger partial charge is 0.124 e. The maximum atomic E-state index is 13.6. The van der Waals surface area contributed by atoms with Crippen molar-refractivity contribution in [2.24, 2.45) is 0 Å². The molecule has 0 saturated heterocycles. The average molecular weight is 304 g/mol. The van der Waals surface area contributed by atoms with E-state index in [9.17, 15) is 4.39 Å². The lowest BCUT2D eigenvalue weighted by Gasteiger charge is -2.01. The summed E-state index contributed by atoms with van der Waals surface area (Å²) in [6.45, 7) is 6.00. The van der Waals surface area contributed by atoms with Gasteiger partial charge in [0.15, 0.2) is 0 Å². The summed E-state index contributed by atoms with van der Waals surface area (Å²) in [6.07, 6.45) is 3.62. The lowest BCUT2D eigenvalue weighted by Crippen LogP contribution is -2.13. The van der Waals surface area contributed by atoms with Crippen LogP contribution in [0.4, 0.5) is 4.39 Å². The highest BCUT2D eigenvalue weighted by molar-refractivity contribution is 7.15. The Morgan fingerprint density at radius 1 is 1.33 bits per heavy atom. The van der Waals surface area contributed by atoms with Crippen molar-refractivity contribution in [1.29, 1.82) is 0 Å². The fraction of sp³-hybridized carbons (Fsp3) is 0.471. The zero-order valence-electron chi connectivity index (χ0n) is 12.6. The molecule has 21 heavy (non-hydrogen) atoms. The summed E-state index contributed by atoms with van der Waals surface area (Å²) < 4.78 is 13.6. The number of nitrogens with zero attached hydrogens (tertiary/aromatic N) is 1. The van der Waals surface area contributed by atoms with E-state index in [1.54, 1.807) is 23.5 Å².